The molecule has 1 fully saturated rings. The van der Waals surface area contributed by atoms with Crippen molar-refractivity contribution >= 4 is 17.1 Å². The molecule has 0 radical (unpaired) electrons. The van der Waals surface area contributed by atoms with E-state index in [0.717, 1.165) is 55.7 Å². The molecule has 1 aliphatic heterocycles. The highest BCUT2D eigenvalue weighted by molar-refractivity contribution is 5.76. The van der Waals surface area contributed by atoms with Crippen molar-refractivity contribution in [2.45, 2.75) is 58.1 Å². The third-order valence-corrected chi connectivity index (χ3v) is 4.83. The highest BCUT2D eigenvalue weighted by Gasteiger charge is 2.30. The Kier molecular flexibility index (Phi) is 6.05. The second kappa shape index (κ2) is 8.30. The summed E-state index contributed by atoms with van der Waals surface area (Å²) in [6.45, 7) is 7.85. The van der Waals surface area contributed by atoms with Crippen LogP contribution < -0.4 is 0 Å². The molecule has 148 valence electrons. The molecule has 0 N–H and O–H groups in total. The number of likely N-dealkylation sites (tertiary alicyclic amines) is 1. The summed E-state index contributed by atoms with van der Waals surface area (Å²) in [6.07, 6.45) is 3.58. The molecule has 27 heavy (non-hydrogen) atoms. The lowest BCUT2D eigenvalue weighted by atomic mass is 10.0. The number of benzene rings is 1. The summed E-state index contributed by atoms with van der Waals surface area (Å²) >= 11 is 0. The van der Waals surface area contributed by atoms with Crippen molar-refractivity contribution in [3.05, 3.63) is 30.1 Å². The molecule has 0 bridgehead atoms. The molecule has 0 saturated carbocycles. The monoisotopic (exact) mass is 373 g/mol. The van der Waals surface area contributed by atoms with Crippen LogP contribution in [0.25, 0.3) is 11.0 Å². The number of fused-ring (bicyclic) bond motifs is 1. The summed E-state index contributed by atoms with van der Waals surface area (Å²) in [5.41, 5.74) is 1.68. The average molecular weight is 373 g/mol. The van der Waals surface area contributed by atoms with Gasteiger partial charge >= 0.3 is 6.09 Å². The van der Waals surface area contributed by atoms with Gasteiger partial charge in [-0.3, -0.25) is 0 Å². The van der Waals surface area contributed by atoms with Gasteiger partial charge in [0.1, 0.15) is 11.4 Å². The second-order valence-corrected chi connectivity index (χ2v) is 8.21. The molecule has 1 saturated heterocycles. The fourth-order valence-corrected chi connectivity index (χ4v) is 3.71. The number of ether oxygens (including phenoxy) is 2. The van der Waals surface area contributed by atoms with Crippen molar-refractivity contribution in [2.75, 3.05) is 26.8 Å². The molecule has 1 aliphatic rings. The Hall–Kier alpha value is -2.08. The number of aromatic nitrogens is 2. The molecule has 6 heteroatoms. The minimum atomic E-state index is -0.475. The predicted molar refractivity (Wildman–Crippen MR) is 106 cm³/mol. The first-order valence-electron chi connectivity index (χ1n) is 9.82. The number of carbonyl (C=O) groups is 1. The van der Waals surface area contributed by atoms with Crippen LogP contribution in [0.2, 0.25) is 0 Å². The van der Waals surface area contributed by atoms with E-state index in [4.69, 9.17) is 14.5 Å². The molecule has 1 unspecified atom stereocenters. The number of methoxy groups -OCH3 is 1. The van der Waals surface area contributed by atoms with Gasteiger partial charge in [-0.1, -0.05) is 12.1 Å². The van der Waals surface area contributed by atoms with Crippen molar-refractivity contribution in [1.82, 2.24) is 14.5 Å². The zero-order valence-electron chi connectivity index (χ0n) is 16.9. The molecule has 1 aromatic carbocycles. The van der Waals surface area contributed by atoms with Gasteiger partial charge in [0.05, 0.1) is 17.1 Å². The van der Waals surface area contributed by atoms with Gasteiger partial charge in [-0.25, -0.2) is 9.78 Å². The molecule has 1 atom stereocenters. The zero-order valence-corrected chi connectivity index (χ0v) is 16.9. The summed E-state index contributed by atoms with van der Waals surface area (Å²) in [5, 5.41) is 0. The van der Waals surface area contributed by atoms with Crippen LogP contribution in [0.4, 0.5) is 4.79 Å². The van der Waals surface area contributed by atoms with E-state index in [1.807, 2.05) is 37.8 Å². The molecule has 3 rings (SSSR count). The number of carbonyl (C=O) groups excluding carboxylic acids is 1. The Morgan fingerprint density at radius 1 is 1.30 bits per heavy atom. The van der Waals surface area contributed by atoms with Gasteiger partial charge in [-0.2, -0.15) is 0 Å². The molecular weight excluding hydrogens is 342 g/mol. The smallest absolute Gasteiger partial charge is 0.410 e. The SMILES string of the molecule is COCCCc1nc2ccccc2n1C1CCCN(C(=O)OC(C)(C)C)C1. The van der Waals surface area contributed by atoms with Crippen molar-refractivity contribution in [2.24, 2.45) is 0 Å². The Balaban J connectivity index is 1.84. The van der Waals surface area contributed by atoms with E-state index in [-0.39, 0.29) is 12.1 Å². The zero-order chi connectivity index (χ0) is 19.4. The lowest BCUT2D eigenvalue weighted by molar-refractivity contribution is 0.0173. The number of piperidine rings is 1. The number of hydrogen-bond donors (Lipinski definition) is 0. The summed E-state index contributed by atoms with van der Waals surface area (Å²) in [5.74, 6) is 1.07. The lowest BCUT2D eigenvalue weighted by Gasteiger charge is -2.35. The molecule has 6 nitrogen and oxygen atoms in total. The standard InChI is InChI=1S/C21H31N3O3/c1-21(2,3)27-20(25)23-13-7-9-16(15-23)24-18-11-6-5-10-17(18)22-19(24)12-8-14-26-4/h5-6,10-11,16H,7-9,12-15H2,1-4H3. The third-order valence-electron chi connectivity index (χ3n) is 4.83. The van der Waals surface area contributed by atoms with Crippen LogP contribution in [-0.2, 0) is 15.9 Å². The van der Waals surface area contributed by atoms with E-state index in [9.17, 15) is 4.79 Å². The van der Waals surface area contributed by atoms with Gasteiger partial charge in [-0.15, -0.1) is 0 Å². The topological polar surface area (TPSA) is 56.6 Å². The largest absolute Gasteiger partial charge is 0.444 e. The number of imidazole rings is 1. The van der Waals surface area contributed by atoms with Gasteiger partial charge < -0.3 is 18.9 Å². The Bertz CT molecular complexity index is 779. The van der Waals surface area contributed by atoms with E-state index in [2.05, 4.69) is 16.7 Å². The highest BCUT2D eigenvalue weighted by Crippen LogP contribution is 2.29. The summed E-state index contributed by atoms with van der Waals surface area (Å²) in [4.78, 5) is 19.3. The fourth-order valence-electron chi connectivity index (χ4n) is 3.71. The van der Waals surface area contributed by atoms with E-state index in [1.165, 1.54) is 0 Å². The van der Waals surface area contributed by atoms with Gasteiger partial charge in [-0.05, 0) is 52.2 Å². The number of amides is 1. The Morgan fingerprint density at radius 3 is 2.81 bits per heavy atom. The van der Waals surface area contributed by atoms with Gasteiger partial charge in [0, 0.05) is 33.2 Å². The van der Waals surface area contributed by atoms with Crippen LogP contribution in [0.15, 0.2) is 24.3 Å². The molecule has 1 aromatic heterocycles. The van der Waals surface area contributed by atoms with Crippen LogP contribution in [0.1, 0.15) is 51.9 Å². The molecular formula is C21H31N3O3. The molecule has 2 heterocycles. The first-order chi connectivity index (χ1) is 12.9. The summed E-state index contributed by atoms with van der Waals surface area (Å²) in [6, 6.07) is 8.46. The van der Waals surface area contributed by atoms with E-state index in [0.29, 0.717) is 6.54 Å². The van der Waals surface area contributed by atoms with Crippen molar-refractivity contribution in [3.8, 4) is 0 Å². The minimum absolute atomic E-state index is 0.219. The first-order valence-corrected chi connectivity index (χ1v) is 9.82. The van der Waals surface area contributed by atoms with E-state index >= 15 is 0 Å². The molecule has 1 amide bonds. The average Bonchev–Trinajstić information content (AvgIpc) is 2.99. The quantitative estimate of drug-likeness (QED) is 0.738. The predicted octanol–water partition coefficient (Wildman–Crippen LogP) is 4.19. The Labute approximate surface area is 161 Å². The highest BCUT2D eigenvalue weighted by atomic mass is 16.6. The third kappa shape index (κ3) is 4.80. The van der Waals surface area contributed by atoms with Crippen molar-refractivity contribution < 1.29 is 14.3 Å². The Morgan fingerprint density at radius 2 is 2.07 bits per heavy atom. The number of rotatable bonds is 5. The van der Waals surface area contributed by atoms with Crippen molar-refractivity contribution in [1.29, 1.82) is 0 Å². The summed E-state index contributed by atoms with van der Waals surface area (Å²) < 4.78 is 13.1. The lowest BCUT2D eigenvalue weighted by Crippen LogP contribution is -2.43. The second-order valence-electron chi connectivity index (χ2n) is 8.21. The maximum absolute atomic E-state index is 12.6. The molecule has 0 spiro atoms. The van der Waals surface area contributed by atoms with Gasteiger partial charge in [0.2, 0.25) is 0 Å². The van der Waals surface area contributed by atoms with Crippen LogP contribution >= 0.6 is 0 Å². The van der Waals surface area contributed by atoms with Crippen LogP contribution in [-0.4, -0.2) is 53.0 Å². The van der Waals surface area contributed by atoms with Crippen LogP contribution in [0, 0.1) is 0 Å². The number of nitrogens with zero attached hydrogens (tertiary/aromatic N) is 3. The number of hydrogen-bond acceptors (Lipinski definition) is 4. The first kappa shape index (κ1) is 19.7. The van der Waals surface area contributed by atoms with Gasteiger partial charge in [0.25, 0.3) is 0 Å². The van der Waals surface area contributed by atoms with E-state index < -0.39 is 5.60 Å². The van der Waals surface area contributed by atoms with Gasteiger partial charge in [0.15, 0.2) is 0 Å². The normalized spacial score (nSPS) is 18.1. The van der Waals surface area contributed by atoms with Crippen LogP contribution in [0.3, 0.4) is 0 Å². The minimum Gasteiger partial charge on any atom is -0.444 e. The maximum atomic E-state index is 12.6. The molecule has 2 aromatic rings. The number of aryl methyl sites for hydroxylation is 1. The van der Waals surface area contributed by atoms with E-state index in [1.54, 1.807) is 7.11 Å². The summed E-state index contributed by atoms with van der Waals surface area (Å²) in [7, 11) is 1.73. The molecule has 0 aliphatic carbocycles. The maximum Gasteiger partial charge on any atom is 0.410 e. The fraction of sp³-hybridized carbons (Fsp3) is 0.619. The number of para-hydroxylation sites is 2. The van der Waals surface area contributed by atoms with Crippen LogP contribution in [0.5, 0.6) is 0 Å². The van der Waals surface area contributed by atoms with Crippen molar-refractivity contribution in [3.63, 3.8) is 0 Å².